The topological polar surface area (TPSA) is 33.0 Å². The molecule has 20 heavy (non-hydrogen) atoms. The summed E-state index contributed by atoms with van der Waals surface area (Å²) in [4.78, 5) is 11.7. The Morgan fingerprint density at radius 2 is 1.65 bits per heavy atom. The van der Waals surface area contributed by atoms with Gasteiger partial charge in [0.15, 0.2) is 12.4 Å². The number of carbonyl (C=O) groups is 1. The van der Waals surface area contributed by atoms with Gasteiger partial charge in [-0.1, -0.05) is 37.8 Å². The lowest BCUT2D eigenvalue weighted by Gasteiger charge is -2.03. The first-order valence-corrected chi connectivity index (χ1v) is 7.64. The molecular weight excluding hydrogens is 248 g/mol. The molecule has 3 nitrogen and oxygen atoms in total. The number of rotatable bonds is 11. The van der Waals surface area contributed by atoms with Crippen molar-refractivity contribution in [2.75, 3.05) is 0 Å². The zero-order valence-corrected chi connectivity index (χ0v) is 12.4. The van der Waals surface area contributed by atoms with Crippen molar-refractivity contribution < 1.29 is 9.36 Å². The van der Waals surface area contributed by atoms with Crippen LogP contribution in [0.2, 0.25) is 0 Å². The maximum atomic E-state index is 11.7. The Balaban J connectivity index is 1.94. The number of hydrogen-bond acceptors (Lipinski definition) is 1. The summed E-state index contributed by atoms with van der Waals surface area (Å²) in [6.07, 6.45) is 14.8. The Morgan fingerprint density at radius 1 is 1.00 bits per heavy atom. The van der Waals surface area contributed by atoms with Gasteiger partial charge in [-0.25, -0.2) is 0 Å². The van der Waals surface area contributed by atoms with Crippen molar-refractivity contribution in [1.29, 1.82) is 0 Å². The van der Waals surface area contributed by atoms with Crippen LogP contribution in [0.5, 0.6) is 0 Å². The fourth-order valence-corrected chi connectivity index (χ4v) is 2.09. The minimum Gasteiger partial charge on any atom is -0.301 e. The highest BCUT2D eigenvalue weighted by atomic mass is 16.1. The van der Waals surface area contributed by atoms with E-state index in [1.54, 1.807) is 0 Å². The number of allylic oxidation sites excluding steroid dienone is 1. The van der Waals surface area contributed by atoms with Gasteiger partial charge >= 0.3 is 0 Å². The zero-order valence-electron chi connectivity index (χ0n) is 12.4. The number of pyridine rings is 1. The maximum absolute atomic E-state index is 11.7. The van der Waals surface area contributed by atoms with Gasteiger partial charge in [-0.3, -0.25) is 4.79 Å². The van der Waals surface area contributed by atoms with Crippen molar-refractivity contribution in [3.05, 3.63) is 43.2 Å². The molecule has 0 radical (unpaired) electrons. The average Bonchev–Trinajstić information content (AvgIpc) is 2.49. The van der Waals surface area contributed by atoms with Crippen LogP contribution in [0.1, 0.15) is 51.4 Å². The molecule has 0 aromatic carbocycles. The molecule has 1 aromatic rings. The first kappa shape index (κ1) is 16.4. The molecule has 0 aliphatic rings. The second-order valence-electron chi connectivity index (χ2n) is 5.10. The van der Waals surface area contributed by atoms with Crippen molar-refractivity contribution in [2.45, 2.75) is 58.0 Å². The molecule has 0 unspecified atom stereocenters. The highest BCUT2D eigenvalue weighted by Gasteiger charge is 2.03. The van der Waals surface area contributed by atoms with Gasteiger partial charge in [0, 0.05) is 18.6 Å². The van der Waals surface area contributed by atoms with Crippen LogP contribution in [0.25, 0.3) is 0 Å². The van der Waals surface area contributed by atoms with Crippen molar-refractivity contribution in [3.63, 3.8) is 0 Å². The Labute approximate surface area is 122 Å². The molecule has 0 spiro atoms. The van der Waals surface area contributed by atoms with Gasteiger partial charge in [-0.15, -0.1) is 6.58 Å². The van der Waals surface area contributed by atoms with E-state index in [0.717, 1.165) is 19.3 Å². The lowest BCUT2D eigenvalue weighted by Crippen LogP contribution is -2.42. The molecule has 1 amide bonds. The number of amides is 1. The summed E-state index contributed by atoms with van der Waals surface area (Å²) in [6, 6.07) is 5.88. The summed E-state index contributed by atoms with van der Waals surface area (Å²) < 4.78 is 1.96. The summed E-state index contributed by atoms with van der Waals surface area (Å²) in [5.41, 5.74) is 0. The third-order valence-corrected chi connectivity index (χ3v) is 3.30. The minimum atomic E-state index is 0.146. The molecule has 1 rings (SSSR count). The van der Waals surface area contributed by atoms with Crippen molar-refractivity contribution >= 4 is 5.91 Å². The van der Waals surface area contributed by atoms with Crippen molar-refractivity contribution in [3.8, 4) is 0 Å². The van der Waals surface area contributed by atoms with Gasteiger partial charge in [-0.2, -0.15) is 4.57 Å². The molecule has 0 aliphatic heterocycles. The summed E-state index contributed by atoms with van der Waals surface area (Å²) in [6.45, 7) is 4.28. The first-order valence-electron chi connectivity index (χ1n) is 7.64. The second kappa shape index (κ2) is 11.2. The monoisotopic (exact) mass is 275 g/mol. The largest absolute Gasteiger partial charge is 0.301 e. The Morgan fingerprint density at radius 3 is 2.35 bits per heavy atom. The number of nitrogens with one attached hydrogen (secondary N) is 1. The lowest BCUT2D eigenvalue weighted by molar-refractivity contribution is -0.700. The van der Waals surface area contributed by atoms with E-state index in [1.807, 2.05) is 41.2 Å². The van der Waals surface area contributed by atoms with Crippen LogP contribution in [0.15, 0.2) is 43.2 Å². The predicted molar refractivity (Wildman–Crippen MR) is 81.9 cm³/mol. The molecule has 1 N–H and O–H groups in total. The van der Waals surface area contributed by atoms with Crippen LogP contribution in [-0.4, -0.2) is 5.91 Å². The molecular formula is C17H27N2O+. The first-order chi connectivity index (χ1) is 9.83. The average molecular weight is 275 g/mol. The molecule has 0 saturated carbocycles. The van der Waals surface area contributed by atoms with E-state index in [1.165, 1.54) is 25.7 Å². The van der Waals surface area contributed by atoms with Crippen LogP contribution in [0.3, 0.4) is 0 Å². The SMILES string of the molecule is C=CCCCCCCCCC(=O)NC[n+]1ccccc1. The van der Waals surface area contributed by atoms with Gasteiger partial charge in [0.05, 0.1) is 0 Å². The van der Waals surface area contributed by atoms with Crippen LogP contribution in [-0.2, 0) is 11.5 Å². The molecule has 0 bridgehead atoms. The molecule has 0 atom stereocenters. The van der Waals surface area contributed by atoms with E-state index in [0.29, 0.717) is 13.1 Å². The van der Waals surface area contributed by atoms with Crippen LogP contribution in [0.4, 0.5) is 0 Å². The fraction of sp³-hybridized carbons (Fsp3) is 0.529. The number of aromatic nitrogens is 1. The van der Waals surface area contributed by atoms with Crippen molar-refractivity contribution in [1.82, 2.24) is 5.32 Å². The van der Waals surface area contributed by atoms with E-state index in [4.69, 9.17) is 0 Å². The van der Waals surface area contributed by atoms with E-state index in [-0.39, 0.29) is 5.91 Å². The van der Waals surface area contributed by atoms with Gasteiger partial charge in [0.2, 0.25) is 12.6 Å². The van der Waals surface area contributed by atoms with E-state index in [2.05, 4.69) is 11.9 Å². The number of nitrogens with zero attached hydrogens (tertiary/aromatic N) is 1. The molecule has 3 heteroatoms. The highest BCUT2D eigenvalue weighted by molar-refractivity contribution is 5.75. The van der Waals surface area contributed by atoms with Gasteiger partial charge < -0.3 is 5.32 Å². The normalized spacial score (nSPS) is 10.2. The van der Waals surface area contributed by atoms with Crippen LogP contribution >= 0.6 is 0 Å². The molecule has 1 aromatic heterocycles. The summed E-state index contributed by atoms with van der Waals surface area (Å²) in [5.74, 6) is 0.146. The molecule has 0 aliphatic carbocycles. The Hall–Kier alpha value is -1.64. The molecule has 0 fully saturated rings. The van der Waals surface area contributed by atoms with E-state index in [9.17, 15) is 4.79 Å². The number of unbranched alkanes of at least 4 members (excludes halogenated alkanes) is 6. The third kappa shape index (κ3) is 8.46. The fourth-order valence-electron chi connectivity index (χ4n) is 2.09. The molecule has 110 valence electrons. The van der Waals surface area contributed by atoms with Crippen LogP contribution in [0, 0.1) is 0 Å². The third-order valence-electron chi connectivity index (χ3n) is 3.30. The van der Waals surface area contributed by atoms with Crippen molar-refractivity contribution in [2.24, 2.45) is 0 Å². The quantitative estimate of drug-likeness (QED) is 0.375. The maximum Gasteiger partial charge on any atom is 0.224 e. The Bertz CT molecular complexity index is 376. The van der Waals surface area contributed by atoms with E-state index >= 15 is 0 Å². The standard InChI is InChI=1S/C17H26N2O/c1-2-3-4-5-6-7-8-10-13-17(20)18-16-19-14-11-9-12-15-19/h2,9,11-12,14-15H,1,3-8,10,13,16H2/p+1. The lowest BCUT2D eigenvalue weighted by atomic mass is 10.1. The predicted octanol–water partition coefficient (Wildman–Crippen LogP) is 3.35. The number of hydrogen-bond donors (Lipinski definition) is 1. The minimum absolute atomic E-state index is 0.146. The Kier molecular flexibility index (Phi) is 9.20. The van der Waals surface area contributed by atoms with Gasteiger partial charge in [0.1, 0.15) is 0 Å². The number of carbonyl (C=O) groups excluding carboxylic acids is 1. The molecule has 0 saturated heterocycles. The smallest absolute Gasteiger partial charge is 0.224 e. The molecule has 1 heterocycles. The summed E-state index contributed by atoms with van der Waals surface area (Å²) in [7, 11) is 0. The van der Waals surface area contributed by atoms with Gasteiger partial charge in [-0.05, 0) is 19.3 Å². The summed E-state index contributed by atoms with van der Waals surface area (Å²) >= 11 is 0. The van der Waals surface area contributed by atoms with Gasteiger partial charge in [0.25, 0.3) is 0 Å². The highest BCUT2D eigenvalue weighted by Crippen LogP contribution is 2.08. The van der Waals surface area contributed by atoms with E-state index < -0.39 is 0 Å². The second-order valence-corrected chi connectivity index (χ2v) is 5.10. The van der Waals surface area contributed by atoms with Crippen LogP contribution < -0.4 is 9.88 Å². The zero-order chi connectivity index (χ0) is 14.5. The summed E-state index contributed by atoms with van der Waals surface area (Å²) in [5, 5.41) is 2.93.